The highest BCUT2D eigenvalue weighted by Gasteiger charge is 2.27. The monoisotopic (exact) mass is 340 g/mol. The molecule has 1 amide bonds. The van der Waals surface area contributed by atoms with Gasteiger partial charge in [0.2, 0.25) is 0 Å². The number of hydrogen-bond acceptors (Lipinski definition) is 3. The summed E-state index contributed by atoms with van der Waals surface area (Å²) in [4.78, 5) is 14.6. The summed E-state index contributed by atoms with van der Waals surface area (Å²) in [7, 11) is 0. The van der Waals surface area contributed by atoms with E-state index in [2.05, 4.69) is 28.2 Å². The number of phenolic OH excluding ortho intramolecular Hbond substituents is 1. The Kier molecular flexibility index (Phi) is 5.43. The van der Waals surface area contributed by atoms with Crippen LogP contribution < -0.4 is 5.32 Å². The van der Waals surface area contributed by atoms with Crippen LogP contribution in [0.3, 0.4) is 0 Å². The smallest absolute Gasteiger partial charge is 0.257 e. The molecule has 1 aliphatic heterocycles. The molecule has 4 nitrogen and oxygen atoms in total. The normalized spacial score (nSPS) is 18.8. The summed E-state index contributed by atoms with van der Waals surface area (Å²) in [5.74, 6) is -0.0394. The molecule has 1 aliphatic rings. The third kappa shape index (κ3) is 3.52. The Balaban J connectivity index is 2.23. The number of piperidine rings is 1. The van der Waals surface area contributed by atoms with Crippen LogP contribution in [0.2, 0.25) is 0 Å². The SMILES string of the molecule is CCCN(C(=O)c1cc(Br)ccc1O)C1CCCNC1. The van der Waals surface area contributed by atoms with Crippen LogP contribution in [0, 0.1) is 0 Å². The van der Waals surface area contributed by atoms with Crippen molar-refractivity contribution in [2.24, 2.45) is 0 Å². The van der Waals surface area contributed by atoms with Gasteiger partial charge in [-0.25, -0.2) is 0 Å². The van der Waals surface area contributed by atoms with Gasteiger partial charge in [0.05, 0.1) is 5.56 Å². The highest BCUT2D eigenvalue weighted by atomic mass is 79.9. The van der Waals surface area contributed by atoms with E-state index in [0.717, 1.165) is 43.4 Å². The lowest BCUT2D eigenvalue weighted by Crippen LogP contribution is -2.49. The van der Waals surface area contributed by atoms with Gasteiger partial charge in [-0.3, -0.25) is 4.79 Å². The molecule has 0 radical (unpaired) electrons. The average molecular weight is 341 g/mol. The summed E-state index contributed by atoms with van der Waals surface area (Å²) in [5.41, 5.74) is 0.374. The summed E-state index contributed by atoms with van der Waals surface area (Å²) >= 11 is 3.35. The van der Waals surface area contributed by atoms with Crippen LogP contribution in [0.1, 0.15) is 36.5 Å². The Morgan fingerprint density at radius 2 is 2.35 bits per heavy atom. The van der Waals surface area contributed by atoms with Gasteiger partial charge >= 0.3 is 0 Å². The van der Waals surface area contributed by atoms with Crippen molar-refractivity contribution in [1.82, 2.24) is 10.2 Å². The molecule has 2 rings (SSSR count). The Morgan fingerprint density at radius 1 is 1.55 bits per heavy atom. The van der Waals surface area contributed by atoms with E-state index in [1.165, 1.54) is 0 Å². The van der Waals surface area contributed by atoms with Crippen molar-refractivity contribution in [3.05, 3.63) is 28.2 Å². The fraction of sp³-hybridized carbons (Fsp3) is 0.533. The van der Waals surface area contributed by atoms with Gasteiger partial charge in [0.1, 0.15) is 5.75 Å². The van der Waals surface area contributed by atoms with Gasteiger partial charge in [-0.15, -0.1) is 0 Å². The number of benzene rings is 1. The number of rotatable bonds is 4. The molecule has 0 bridgehead atoms. The second-order valence-corrected chi connectivity index (χ2v) is 6.08. The minimum absolute atomic E-state index is 0.0445. The average Bonchev–Trinajstić information content (AvgIpc) is 2.47. The first-order valence-corrected chi connectivity index (χ1v) is 7.93. The lowest BCUT2D eigenvalue weighted by atomic mass is 10.0. The van der Waals surface area contributed by atoms with E-state index in [1.807, 2.05) is 4.90 Å². The largest absolute Gasteiger partial charge is 0.507 e. The molecular weight excluding hydrogens is 320 g/mol. The molecular formula is C15H21BrN2O2. The first kappa shape index (κ1) is 15.3. The zero-order chi connectivity index (χ0) is 14.5. The molecule has 0 saturated carbocycles. The van der Waals surface area contributed by atoms with Crippen LogP contribution in [0.15, 0.2) is 22.7 Å². The molecule has 20 heavy (non-hydrogen) atoms. The first-order chi connectivity index (χ1) is 9.63. The molecule has 0 aromatic heterocycles. The van der Waals surface area contributed by atoms with Gasteiger partial charge in [0.25, 0.3) is 5.91 Å². The molecule has 1 saturated heterocycles. The number of nitrogens with one attached hydrogen (secondary N) is 1. The minimum atomic E-state index is -0.0839. The molecule has 1 aromatic carbocycles. The third-order valence-corrected chi connectivity index (χ3v) is 4.12. The summed E-state index contributed by atoms with van der Waals surface area (Å²) < 4.78 is 0.803. The molecule has 2 N–H and O–H groups in total. The standard InChI is InChI=1S/C15H21BrN2O2/c1-2-8-18(12-4-3-7-17-10-12)15(20)13-9-11(16)5-6-14(13)19/h5-6,9,12,17,19H,2-4,7-8,10H2,1H3. The second-order valence-electron chi connectivity index (χ2n) is 5.16. The Morgan fingerprint density at radius 3 is 3.00 bits per heavy atom. The highest BCUT2D eigenvalue weighted by molar-refractivity contribution is 9.10. The number of hydrogen-bond donors (Lipinski definition) is 2. The fourth-order valence-corrected chi connectivity index (χ4v) is 2.99. The van der Waals surface area contributed by atoms with Crippen LogP contribution in [0.5, 0.6) is 5.75 Å². The molecule has 1 unspecified atom stereocenters. The summed E-state index contributed by atoms with van der Waals surface area (Å²) in [5, 5.41) is 13.3. The van der Waals surface area contributed by atoms with E-state index < -0.39 is 0 Å². The fourth-order valence-electron chi connectivity index (χ4n) is 2.62. The first-order valence-electron chi connectivity index (χ1n) is 7.13. The number of amides is 1. The molecule has 110 valence electrons. The second kappa shape index (κ2) is 7.09. The topological polar surface area (TPSA) is 52.6 Å². The molecule has 1 fully saturated rings. The molecule has 5 heteroatoms. The zero-order valence-electron chi connectivity index (χ0n) is 11.7. The Bertz CT molecular complexity index is 473. The maximum Gasteiger partial charge on any atom is 0.257 e. The highest BCUT2D eigenvalue weighted by Crippen LogP contribution is 2.25. The van der Waals surface area contributed by atoms with Crippen molar-refractivity contribution in [2.45, 2.75) is 32.2 Å². The zero-order valence-corrected chi connectivity index (χ0v) is 13.3. The molecule has 1 aromatic rings. The van der Waals surface area contributed by atoms with Crippen LogP contribution in [-0.4, -0.2) is 41.6 Å². The maximum atomic E-state index is 12.7. The van der Waals surface area contributed by atoms with E-state index in [-0.39, 0.29) is 17.7 Å². The van der Waals surface area contributed by atoms with E-state index in [0.29, 0.717) is 5.56 Å². The quantitative estimate of drug-likeness (QED) is 0.886. The van der Waals surface area contributed by atoms with Crippen molar-refractivity contribution in [2.75, 3.05) is 19.6 Å². The predicted octanol–water partition coefficient (Wildman–Crippen LogP) is 2.76. The Labute approximate surface area is 128 Å². The maximum absolute atomic E-state index is 12.7. The lowest BCUT2D eigenvalue weighted by Gasteiger charge is -2.34. The third-order valence-electron chi connectivity index (χ3n) is 3.63. The summed E-state index contributed by atoms with van der Waals surface area (Å²) in [6, 6.07) is 5.20. The molecule has 0 spiro atoms. The minimum Gasteiger partial charge on any atom is -0.507 e. The van der Waals surface area contributed by atoms with Crippen molar-refractivity contribution in [3.8, 4) is 5.75 Å². The van der Waals surface area contributed by atoms with Gasteiger partial charge in [-0.05, 0) is 44.0 Å². The van der Waals surface area contributed by atoms with Gasteiger partial charge in [0, 0.05) is 23.6 Å². The summed E-state index contributed by atoms with van der Waals surface area (Å²) in [6.45, 7) is 4.64. The van der Waals surface area contributed by atoms with Crippen molar-refractivity contribution < 1.29 is 9.90 Å². The number of carbonyl (C=O) groups excluding carboxylic acids is 1. The number of carbonyl (C=O) groups is 1. The van der Waals surface area contributed by atoms with Crippen molar-refractivity contribution >= 4 is 21.8 Å². The Hall–Kier alpha value is -1.07. The van der Waals surface area contributed by atoms with E-state index >= 15 is 0 Å². The van der Waals surface area contributed by atoms with Gasteiger partial charge in [-0.2, -0.15) is 0 Å². The molecule has 1 heterocycles. The van der Waals surface area contributed by atoms with Crippen molar-refractivity contribution in [3.63, 3.8) is 0 Å². The number of aromatic hydroxyl groups is 1. The lowest BCUT2D eigenvalue weighted by molar-refractivity contribution is 0.0646. The van der Waals surface area contributed by atoms with E-state index in [4.69, 9.17) is 0 Å². The summed E-state index contributed by atoms with van der Waals surface area (Å²) in [6.07, 6.45) is 3.02. The number of phenols is 1. The van der Waals surface area contributed by atoms with Crippen LogP contribution in [0.25, 0.3) is 0 Å². The van der Waals surface area contributed by atoms with Crippen molar-refractivity contribution in [1.29, 1.82) is 0 Å². The van der Waals surface area contributed by atoms with E-state index in [1.54, 1.807) is 18.2 Å². The van der Waals surface area contributed by atoms with Crippen LogP contribution in [0.4, 0.5) is 0 Å². The van der Waals surface area contributed by atoms with Gasteiger partial charge < -0.3 is 15.3 Å². The number of halogens is 1. The number of nitrogens with zero attached hydrogens (tertiary/aromatic N) is 1. The van der Waals surface area contributed by atoms with Crippen LogP contribution >= 0.6 is 15.9 Å². The van der Waals surface area contributed by atoms with E-state index in [9.17, 15) is 9.90 Å². The van der Waals surface area contributed by atoms with Gasteiger partial charge in [0.15, 0.2) is 0 Å². The van der Waals surface area contributed by atoms with Crippen LogP contribution in [-0.2, 0) is 0 Å². The molecule has 1 atom stereocenters. The predicted molar refractivity (Wildman–Crippen MR) is 83.0 cm³/mol. The van der Waals surface area contributed by atoms with Gasteiger partial charge in [-0.1, -0.05) is 22.9 Å². The molecule has 0 aliphatic carbocycles.